The van der Waals surface area contributed by atoms with Crippen molar-refractivity contribution < 1.29 is 20.4 Å². The Balaban J connectivity index is 1.68. The first-order chi connectivity index (χ1) is 13.4. The summed E-state index contributed by atoms with van der Waals surface area (Å²) in [5.41, 5.74) is 4.26. The van der Waals surface area contributed by atoms with Crippen molar-refractivity contribution in [2.24, 2.45) is 0 Å². The van der Waals surface area contributed by atoms with Crippen LogP contribution in [0.4, 0.5) is 0 Å². The fraction of sp³-hybridized carbons (Fsp3) is 0.421. The number of carbonyl (C=O) groups excluding carboxylic acids is 1. The van der Waals surface area contributed by atoms with Gasteiger partial charge in [0.05, 0.1) is 12.6 Å². The van der Waals surface area contributed by atoms with Gasteiger partial charge in [-0.05, 0) is 12.5 Å². The number of aromatic nitrogens is 2. The first-order valence-electron chi connectivity index (χ1n) is 9.14. The molecule has 9 heteroatoms. The molecule has 4 atom stereocenters. The van der Waals surface area contributed by atoms with Gasteiger partial charge in [0.2, 0.25) is 0 Å². The smallest absolute Gasteiger partial charge is 0.330 e. The Kier molecular flexibility index (Phi) is 6.08. The van der Waals surface area contributed by atoms with Crippen LogP contribution in [0, 0.1) is 6.92 Å². The third-order valence-corrected chi connectivity index (χ3v) is 4.90. The number of carbonyl (C=O) groups is 1. The monoisotopic (exact) mass is 389 g/mol. The lowest BCUT2D eigenvalue weighted by Gasteiger charge is -2.18. The summed E-state index contributed by atoms with van der Waals surface area (Å²) >= 11 is 0. The van der Waals surface area contributed by atoms with E-state index in [0.717, 1.165) is 5.56 Å². The zero-order valence-corrected chi connectivity index (χ0v) is 15.6. The largest absolute Gasteiger partial charge is 0.394 e. The van der Waals surface area contributed by atoms with Gasteiger partial charge in [-0.25, -0.2) is 4.79 Å². The predicted octanol–water partition coefficient (Wildman–Crippen LogP) is -1.54. The Morgan fingerprint density at radius 3 is 2.79 bits per heavy atom. The van der Waals surface area contributed by atoms with E-state index < -0.39 is 35.7 Å². The summed E-state index contributed by atoms with van der Waals surface area (Å²) in [6, 6.07) is 8.61. The van der Waals surface area contributed by atoms with Crippen LogP contribution in [0.3, 0.4) is 0 Å². The average molecular weight is 389 g/mol. The Labute approximate surface area is 161 Å². The number of hydrogen-bond acceptors (Lipinski definition) is 5. The topological polar surface area (TPSA) is 141 Å². The number of amides is 1. The number of nitrogens with zero attached hydrogens (tertiary/aromatic N) is 1. The molecule has 3 rings (SSSR count). The maximum Gasteiger partial charge on any atom is 0.330 e. The molecular formula is C19H25N4O5+. The second-order valence-electron chi connectivity index (χ2n) is 7.03. The Hall–Kier alpha value is -2.75. The minimum atomic E-state index is -0.692. The molecular weight excluding hydrogens is 364 g/mol. The van der Waals surface area contributed by atoms with E-state index in [1.807, 2.05) is 30.3 Å². The van der Waals surface area contributed by atoms with Gasteiger partial charge in [0, 0.05) is 24.6 Å². The molecule has 2 heterocycles. The SMILES string of the molecule is Cc1cn([C@H]2C[C@@H](NC(=O)[C@@H]([NH3+])Cc3ccccc3)[C@H](CO)O2)c(=O)[nH]c1=O. The normalized spacial score (nSPS) is 22.8. The number of ether oxygens (including phenoxy) is 1. The molecule has 1 aliphatic heterocycles. The van der Waals surface area contributed by atoms with Crippen molar-refractivity contribution in [1.29, 1.82) is 0 Å². The molecule has 1 saturated heterocycles. The number of rotatable bonds is 6. The number of hydrogen-bond donors (Lipinski definition) is 4. The fourth-order valence-corrected chi connectivity index (χ4v) is 3.31. The van der Waals surface area contributed by atoms with Gasteiger partial charge in [0.1, 0.15) is 12.3 Å². The van der Waals surface area contributed by atoms with Gasteiger partial charge in [-0.1, -0.05) is 30.3 Å². The van der Waals surface area contributed by atoms with E-state index in [-0.39, 0.29) is 12.5 Å². The molecule has 9 nitrogen and oxygen atoms in total. The van der Waals surface area contributed by atoms with Crippen molar-refractivity contribution in [3.05, 3.63) is 68.5 Å². The van der Waals surface area contributed by atoms with Gasteiger partial charge in [-0.2, -0.15) is 0 Å². The third kappa shape index (κ3) is 4.38. The van der Waals surface area contributed by atoms with Crippen LogP contribution in [0.2, 0.25) is 0 Å². The number of aryl methyl sites for hydroxylation is 1. The second-order valence-corrected chi connectivity index (χ2v) is 7.03. The van der Waals surface area contributed by atoms with Crippen LogP contribution in [0.1, 0.15) is 23.8 Å². The number of aliphatic hydroxyl groups is 1. The highest BCUT2D eigenvalue weighted by Gasteiger charge is 2.38. The number of benzene rings is 1. The number of aromatic amines is 1. The van der Waals surface area contributed by atoms with Crippen LogP contribution in [0.15, 0.2) is 46.1 Å². The highest BCUT2D eigenvalue weighted by Crippen LogP contribution is 2.27. The van der Waals surface area contributed by atoms with E-state index in [2.05, 4.69) is 16.0 Å². The molecule has 0 radical (unpaired) electrons. The van der Waals surface area contributed by atoms with Gasteiger partial charge < -0.3 is 20.9 Å². The van der Waals surface area contributed by atoms with Crippen molar-refractivity contribution in [3.63, 3.8) is 0 Å². The van der Waals surface area contributed by atoms with E-state index >= 15 is 0 Å². The number of nitrogens with one attached hydrogen (secondary N) is 2. The summed E-state index contributed by atoms with van der Waals surface area (Å²) in [5.74, 6) is -0.249. The highest BCUT2D eigenvalue weighted by atomic mass is 16.5. The van der Waals surface area contributed by atoms with E-state index in [0.29, 0.717) is 18.4 Å². The minimum Gasteiger partial charge on any atom is -0.394 e. The van der Waals surface area contributed by atoms with Gasteiger partial charge in [-0.3, -0.25) is 19.1 Å². The summed E-state index contributed by atoms with van der Waals surface area (Å²) < 4.78 is 7.01. The Bertz CT molecular complexity index is 939. The summed E-state index contributed by atoms with van der Waals surface area (Å²) in [6.07, 6.45) is 0.858. The standard InChI is InChI=1S/C19H24N4O5/c1-11-9-23(19(27)22-17(11)25)16-8-14(15(10-24)28-16)21-18(26)13(20)7-12-5-3-2-4-6-12/h2-6,9,13-16,24H,7-8,10,20H2,1H3,(H,21,26)(H,22,25,27)/p+1/t13-,14+,15-,16+/m0/s1. The molecule has 1 fully saturated rings. The van der Waals surface area contributed by atoms with E-state index in [4.69, 9.17) is 4.74 Å². The molecule has 1 aliphatic rings. The van der Waals surface area contributed by atoms with Crippen LogP contribution < -0.4 is 22.3 Å². The van der Waals surface area contributed by atoms with E-state index in [1.54, 1.807) is 6.92 Å². The van der Waals surface area contributed by atoms with E-state index in [1.165, 1.54) is 10.8 Å². The summed E-state index contributed by atoms with van der Waals surface area (Å²) in [6.45, 7) is 1.28. The molecule has 0 spiro atoms. The van der Waals surface area contributed by atoms with Crippen LogP contribution in [0.25, 0.3) is 0 Å². The van der Waals surface area contributed by atoms with Crippen molar-refractivity contribution in [3.8, 4) is 0 Å². The average Bonchev–Trinajstić information content (AvgIpc) is 3.08. The van der Waals surface area contributed by atoms with Crippen molar-refractivity contribution >= 4 is 5.91 Å². The molecule has 2 aromatic rings. The maximum atomic E-state index is 12.5. The molecule has 28 heavy (non-hydrogen) atoms. The first-order valence-corrected chi connectivity index (χ1v) is 9.14. The first kappa shape index (κ1) is 20.0. The zero-order valence-electron chi connectivity index (χ0n) is 15.6. The second kappa shape index (κ2) is 8.51. The molecule has 1 aromatic carbocycles. The van der Waals surface area contributed by atoms with Gasteiger partial charge in [-0.15, -0.1) is 0 Å². The van der Waals surface area contributed by atoms with Crippen molar-refractivity contribution in [1.82, 2.24) is 14.9 Å². The molecule has 0 saturated carbocycles. The highest BCUT2D eigenvalue weighted by molar-refractivity contribution is 5.80. The summed E-state index contributed by atoms with van der Waals surface area (Å²) in [5, 5.41) is 12.5. The lowest BCUT2D eigenvalue weighted by molar-refractivity contribution is -0.403. The number of H-pyrrole nitrogens is 1. The molecule has 0 unspecified atom stereocenters. The third-order valence-electron chi connectivity index (χ3n) is 4.90. The van der Waals surface area contributed by atoms with Crippen LogP contribution >= 0.6 is 0 Å². The maximum absolute atomic E-state index is 12.5. The van der Waals surface area contributed by atoms with E-state index in [9.17, 15) is 19.5 Å². The van der Waals surface area contributed by atoms with Crippen LogP contribution in [0.5, 0.6) is 0 Å². The molecule has 6 N–H and O–H groups in total. The summed E-state index contributed by atoms with van der Waals surface area (Å²) in [4.78, 5) is 38.4. The predicted molar refractivity (Wildman–Crippen MR) is 100 cm³/mol. The molecule has 1 aromatic heterocycles. The number of quaternary nitrogens is 1. The lowest BCUT2D eigenvalue weighted by atomic mass is 10.0. The number of aliphatic hydroxyl groups excluding tert-OH is 1. The van der Waals surface area contributed by atoms with Crippen LogP contribution in [-0.4, -0.2) is 45.4 Å². The van der Waals surface area contributed by atoms with Gasteiger partial charge in [0.15, 0.2) is 6.04 Å². The van der Waals surface area contributed by atoms with Crippen molar-refractivity contribution in [2.75, 3.05) is 6.61 Å². The fourth-order valence-electron chi connectivity index (χ4n) is 3.31. The molecule has 0 aliphatic carbocycles. The lowest BCUT2D eigenvalue weighted by Crippen LogP contribution is -2.69. The molecule has 1 amide bonds. The Morgan fingerprint density at radius 1 is 1.39 bits per heavy atom. The molecule has 0 bridgehead atoms. The quantitative estimate of drug-likeness (QED) is 0.474. The van der Waals surface area contributed by atoms with Crippen LogP contribution in [-0.2, 0) is 16.0 Å². The summed E-state index contributed by atoms with van der Waals surface area (Å²) in [7, 11) is 0. The van der Waals surface area contributed by atoms with Gasteiger partial charge in [0.25, 0.3) is 11.5 Å². The molecule has 150 valence electrons. The van der Waals surface area contributed by atoms with Crippen molar-refractivity contribution in [2.45, 2.75) is 44.2 Å². The van der Waals surface area contributed by atoms with Gasteiger partial charge >= 0.3 is 5.69 Å². The Morgan fingerprint density at radius 2 is 2.11 bits per heavy atom. The zero-order chi connectivity index (χ0) is 20.3. The minimum absolute atomic E-state index is 0.249.